The van der Waals surface area contributed by atoms with Crippen LogP contribution < -0.4 is 4.74 Å². The lowest BCUT2D eigenvalue weighted by Gasteiger charge is -2.23. The van der Waals surface area contributed by atoms with Crippen LogP contribution in [0.25, 0.3) is 0 Å². The van der Waals surface area contributed by atoms with Crippen LogP contribution in [0.2, 0.25) is 0 Å². The summed E-state index contributed by atoms with van der Waals surface area (Å²) in [5.41, 5.74) is 2.16. The molecule has 0 aliphatic rings. The molecule has 0 atom stereocenters. The Bertz CT molecular complexity index is 758. The van der Waals surface area contributed by atoms with Crippen LogP contribution in [0.1, 0.15) is 47.6 Å². The van der Waals surface area contributed by atoms with Crippen molar-refractivity contribution in [3.8, 4) is 5.88 Å². The molecule has 0 bridgehead atoms. The molecule has 1 aromatic heterocycles. The second-order valence-electron chi connectivity index (χ2n) is 5.87. The number of hydrogen-bond acceptors (Lipinski definition) is 3. The van der Waals surface area contributed by atoms with Crippen molar-refractivity contribution in [2.24, 2.45) is 0 Å². The molecule has 0 saturated carbocycles. The van der Waals surface area contributed by atoms with Gasteiger partial charge in [-0.15, -0.1) is 0 Å². The number of rotatable bonds is 8. The Labute approximate surface area is 148 Å². The Morgan fingerprint density at radius 3 is 2.16 bits per heavy atom. The minimum Gasteiger partial charge on any atom is -0.478 e. The number of carbonyl (C=O) groups excluding carboxylic acids is 1. The highest BCUT2D eigenvalue weighted by Gasteiger charge is 2.23. The molecule has 4 heteroatoms. The van der Waals surface area contributed by atoms with Gasteiger partial charge in [0, 0.05) is 0 Å². The minimum atomic E-state index is -0.165. The molecular weight excluding hydrogens is 312 g/mol. The van der Waals surface area contributed by atoms with Gasteiger partial charge in [-0.1, -0.05) is 74.0 Å². The molecular formula is C21H22N2O2. The summed E-state index contributed by atoms with van der Waals surface area (Å²) in [6.45, 7) is 2.73. The highest BCUT2D eigenvalue weighted by atomic mass is 16.5. The van der Waals surface area contributed by atoms with E-state index in [4.69, 9.17) is 4.74 Å². The first-order chi connectivity index (χ1) is 12.3. The van der Waals surface area contributed by atoms with Crippen LogP contribution in [0, 0.1) is 0 Å². The maximum Gasteiger partial charge on any atom is 0.215 e. The van der Waals surface area contributed by atoms with E-state index >= 15 is 0 Å². The number of imidazole rings is 1. The smallest absolute Gasteiger partial charge is 0.215 e. The predicted octanol–water partition coefficient (Wildman–Crippen LogP) is 4.51. The first-order valence-electron chi connectivity index (χ1n) is 8.60. The van der Waals surface area contributed by atoms with Crippen LogP contribution in [0.5, 0.6) is 5.88 Å². The van der Waals surface area contributed by atoms with E-state index in [1.54, 1.807) is 6.20 Å². The molecule has 3 aromatic rings. The monoisotopic (exact) mass is 334 g/mol. The lowest BCUT2D eigenvalue weighted by molar-refractivity contribution is 0.110. The molecule has 0 fully saturated rings. The van der Waals surface area contributed by atoms with E-state index in [0.717, 1.165) is 30.3 Å². The van der Waals surface area contributed by atoms with Gasteiger partial charge >= 0.3 is 0 Å². The molecule has 0 aliphatic heterocycles. The van der Waals surface area contributed by atoms with Crippen LogP contribution in [0.3, 0.4) is 0 Å². The summed E-state index contributed by atoms with van der Waals surface area (Å²) in [5.74, 6) is 0.984. The van der Waals surface area contributed by atoms with Gasteiger partial charge in [-0.3, -0.25) is 9.36 Å². The van der Waals surface area contributed by atoms with E-state index in [9.17, 15) is 4.79 Å². The summed E-state index contributed by atoms with van der Waals surface area (Å²) < 4.78 is 7.81. The molecule has 0 radical (unpaired) electrons. The fourth-order valence-corrected chi connectivity index (χ4v) is 2.89. The van der Waals surface area contributed by atoms with Crippen molar-refractivity contribution in [3.05, 3.63) is 83.8 Å². The van der Waals surface area contributed by atoms with Crippen molar-refractivity contribution >= 4 is 6.29 Å². The molecule has 0 saturated heterocycles. The third-order valence-corrected chi connectivity index (χ3v) is 4.13. The summed E-state index contributed by atoms with van der Waals surface area (Å²) in [4.78, 5) is 15.9. The Balaban J connectivity index is 2.10. The molecule has 3 rings (SSSR count). The zero-order chi connectivity index (χ0) is 17.5. The molecule has 0 aliphatic carbocycles. The van der Waals surface area contributed by atoms with Crippen LogP contribution in [0.4, 0.5) is 0 Å². The molecule has 1 heterocycles. The van der Waals surface area contributed by atoms with E-state index < -0.39 is 0 Å². The third kappa shape index (κ3) is 3.79. The number of aromatic nitrogens is 2. The first-order valence-corrected chi connectivity index (χ1v) is 8.60. The van der Waals surface area contributed by atoms with Gasteiger partial charge in [-0.25, -0.2) is 4.98 Å². The summed E-state index contributed by atoms with van der Waals surface area (Å²) >= 11 is 0. The van der Waals surface area contributed by atoms with Gasteiger partial charge in [0.2, 0.25) is 5.88 Å². The van der Waals surface area contributed by atoms with E-state index in [0.29, 0.717) is 18.3 Å². The lowest BCUT2D eigenvalue weighted by atomic mass is 9.98. The molecule has 0 unspecified atom stereocenters. The van der Waals surface area contributed by atoms with E-state index in [1.165, 1.54) is 0 Å². The summed E-state index contributed by atoms with van der Waals surface area (Å²) in [6.07, 6.45) is 4.43. The number of ether oxygens (including phenoxy) is 1. The largest absolute Gasteiger partial charge is 0.478 e. The second-order valence-corrected chi connectivity index (χ2v) is 5.87. The van der Waals surface area contributed by atoms with Gasteiger partial charge in [-0.2, -0.15) is 0 Å². The first kappa shape index (κ1) is 17.0. The van der Waals surface area contributed by atoms with E-state index in [-0.39, 0.29) is 6.04 Å². The number of nitrogens with zero attached hydrogens (tertiary/aromatic N) is 2. The van der Waals surface area contributed by atoms with Crippen molar-refractivity contribution in [1.29, 1.82) is 0 Å². The second kappa shape index (κ2) is 8.29. The molecule has 2 aromatic carbocycles. The molecule has 0 amide bonds. The molecule has 0 N–H and O–H groups in total. The average molecular weight is 334 g/mol. The Hall–Kier alpha value is -2.88. The molecule has 0 spiro atoms. The summed E-state index contributed by atoms with van der Waals surface area (Å²) in [5, 5.41) is 0. The topological polar surface area (TPSA) is 44.1 Å². The summed E-state index contributed by atoms with van der Waals surface area (Å²) in [6, 6.07) is 20.0. The van der Waals surface area contributed by atoms with Crippen molar-refractivity contribution in [2.75, 3.05) is 6.61 Å². The number of benzene rings is 2. The zero-order valence-corrected chi connectivity index (χ0v) is 14.3. The van der Waals surface area contributed by atoms with Crippen LogP contribution in [0.15, 0.2) is 66.9 Å². The lowest BCUT2D eigenvalue weighted by Crippen LogP contribution is -2.17. The number of carbonyl (C=O) groups is 1. The molecule has 4 nitrogen and oxygen atoms in total. The maximum absolute atomic E-state index is 11.6. The Kier molecular flexibility index (Phi) is 5.62. The van der Waals surface area contributed by atoms with E-state index in [2.05, 4.69) is 36.2 Å². The van der Waals surface area contributed by atoms with Crippen molar-refractivity contribution < 1.29 is 9.53 Å². The van der Waals surface area contributed by atoms with Crippen molar-refractivity contribution in [1.82, 2.24) is 9.55 Å². The normalized spacial score (nSPS) is 10.8. The van der Waals surface area contributed by atoms with Crippen LogP contribution in [-0.4, -0.2) is 22.4 Å². The third-order valence-electron chi connectivity index (χ3n) is 4.13. The van der Waals surface area contributed by atoms with Gasteiger partial charge in [0.1, 0.15) is 0 Å². The SMILES string of the molecule is CCCCOc1cnc(C=O)n1C(c1ccccc1)c1ccccc1. The van der Waals surface area contributed by atoms with Gasteiger partial charge in [0.05, 0.1) is 18.8 Å². The average Bonchev–Trinajstić information content (AvgIpc) is 3.07. The highest BCUT2D eigenvalue weighted by molar-refractivity contribution is 5.70. The summed E-state index contributed by atoms with van der Waals surface area (Å²) in [7, 11) is 0. The zero-order valence-electron chi connectivity index (χ0n) is 14.3. The van der Waals surface area contributed by atoms with Gasteiger partial charge in [0.15, 0.2) is 12.1 Å². The minimum absolute atomic E-state index is 0.165. The predicted molar refractivity (Wildman–Crippen MR) is 98.1 cm³/mol. The van der Waals surface area contributed by atoms with Gasteiger partial charge in [-0.05, 0) is 17.5 Å². The fourth-order valence-electron chi connectivity index (χ4n) is 2.89. The van der Waals surface area contributed by atoms with Gasteiger partial charge in [0.25, 0.3) is 0 Å². The quantitative estimate of drug-likeness (QED) is 0.449. The number of aldehydes is 1. The Morgan fingerprint density at radius 1 is 1.04 bits per heavy atom. The Morgan fingerprint density at radius 2 is 1.64 bits per heavy atom. The number of hydrogen-bond donors (Lipinski definition) is 0. The van der Waals surface area contributed by atoms with Crippen LogP contribution >= 0.6 is 0 Å². The van der Waals surface area contributed by atoms with Gasteiger partial charge < -0.3 is 4.74 Å². The van der Waals surface area contributed by atoms with Crippen LogP contribution in [-0.2, 0) is 0 Å². The highest BCUT2D eigenvalue weighted by Crippen LogP contribution is 2.32. The standard InChI is InChI=1S/C21H22N2O2/c1-2-3-14-25-20-15-22-19(16-24)23(20)21(17-10-6-4-7-11-17)18-12-8-5-9-13-18/h4-13,15-16,21H,2-3,14H2,1H3. The maximum atomic E-state index is 11.6. The van der Waals surface area contributed by atoms with E-state index in [1.807, 2.05) is 41.0 Å². The fraction of sp³-hybridized carbons (Fsp3) is 0.238. The molecule has 25 heavy (non-hydrogen) atoms. The molecule has 128 valence electrons. The van der Waals surface area contributed by atoms with Crippen molar-refractivity contribution in [2.45, 2.75) is 25.8 Å². The number of unbranched alkanes of at least 4 members (excludes halogenated alkanes) is 1. The van der Waals surface area contributed by atoms with Crippen molar-refractivity contribution in [3.63, 3.8) is 0 Å².